The molecule has 148 valence electrons. The predicted octanol–water partition coefficient (Wildman–Crippen LogP) is 3.48. The van der Waals surface area contributed by atoms with Gasteiger partial charge in [0.05, 0.1) is 14.2 Å². The van der Waals surface area contributed by atoms with Gasteiger partial charge in [-0.05, 0) is 35.3 Å². The Balaban J connectivity index is 1.97. The van der Waals surface area contributed by atoms with Crippen LogP contribution in [0.3, 0.4) is 0 Å². The number of hydrazine groups is 1. The summed E-state index contributed by atoms with van der Waals surface area (Å²) in [6, 6.07) is 12.6. The molecule has 6 nitrogen and oxygen atoms in total. The molecule has 2 N–H and O–H groups in total. The van der Waals surface area contributed by atoms with Gasteiger partial charge in [-0.25, -0.2) is 0 Å². The minimum absolute atomic E-state index is 0.00912. The van der Waals surface area contributed by atoms with Gasteiger partial charge < -0.3 is 9.47 Å². The summed E-state index contributed by atoms with van der Waals surface area (Å²) in [5.74, 6) is 0.236. The van der Waals surface area contributed by atoms with Gasteiger partial charge in [-0.1, -0.05) is 45.0 Å². The van der Waals surface area contributed by atoms with Gasteiger partial charge in [0.1, 0.15) is 0 Å². The van der Waals surface area contributed by atoms with Crippen molar-refractivity contribution in [2.75, 3.05) is 14.2 Å². The summed E-state index contributed by atoms with van der Waals surface area (Å²) < 4.78 is 10.5. The Labute approximate surface area is 165 Å². The summed E-state index contributed by atoms with van der Waals surface area (Å²) in [6.45, 7) is 6.31. The molecule has 0 atom stereocenters. The molecule has 0 aliphatic rings. The highest BCUT2D eigenvalue weighted by Crippen LogP contribution is 2.31. The second kappa shape index (κ2) is 9.08. The van der Waals surface area contributed by atoms with Crippen LogP contribution < -0.4 is 20.3 Å². The summed E-state index contributed by atoms with van der Waals surface area (Å²) >= 11 is 0. The van der Waals surface area contributed by atoms with E-state index in [-0.39, 0.29) is 11.3 Å². The molecule has 6 heteroatoms. The zero-order chi connectivity index (χ0) is 20.7. The van der Waals surface area contributed by atoms with E-state index in [4.69, 9.17) is 9.47 Å². The first-order chi connectivity index (χ1) is 13.3. The highest BCUT2D eigenvalue weighted by Gasteiger charge is 2.14. The topological polar surface area (TPSA) is 76.7 Å². The first kappa shape index (κ1) is 21.0. The molecular formula is C22H26N2O4. The van der Waals surface area contributed by atoms with Crippen LogP contribution in [0.2, 0.25) is 0 Å². The standard InChI is InChI=1S/C22H26N2O4/c1-22(2,3)17-12-9-16(10-13-17)21(26)24-23-19(25)14-11-15-7-6-8-18(27-4)20(15)28-5/h6-14H,1-5H3,(H,23,25)(H,24,26)/b14-11+. The van der Waals surface area contributed by atoms with Crippen LogP contribution in [0.4, 0.5) is 0 Å². The zero-order valence-corrected chi connectivity index (χ0v) is 16.8. The van der Waals surface area contributed by atoms with Gasteiger partial charge in [0.2, 0.25) is 0 Å². The highest BCUT2D eigenvalue weighted by atomic mass is 16.5. The Morgan fingerprint density at radius 1 is 0.929 bits per heavy atom. The maximum atomic E-state index is 12.2. The Morgan fingerprint density at radius 3 is 2.18 bits per heavy atom. The second-order valence-corrected chi connectivity index (χ2v) is 7.19. The highest BCUT2D eigenvalue weighted by molar-refractivity contribution is 5.98. The van der Waals surface area contributed by atoms with Crippen molar-refractivity contribution in [2.24, 2.45) is 0 Å². The summed E-state index contributed by atoms with van der Waals surface area (Å²) in [7, 11) is 3.07. The average molecular weight is 382 g/mol. The van der Waals surface area contributed by atoms with Crippen molar-refractivity contribution in [1.29, 1.82) is 0 Å². The number of hydrogen-bond donors (Lipinski definition) is 2. The largest absolute Gasteiger partial charge is 0.493 e. The molecule has 0 fully saturated rings. The van der Waals surface area contributed by atoms with E-state index < -0.39 is 5.91 Å². The maximum Gasteiger partial charge on any atom is 0.269 e. The van der Waals surface area contributed by atoms with Crippen LogP contribution in [-0.4, -0.2) is 26.0 Å². The van der Waals surface area contributed by atoms with Crippen molar-refractivity contribution < 1.29 is 19.1 Å². The number of para-hydroxylation sites is 1. The Hall–Kier alpha value is -3.28. The van der Waals surface area contributed by atoms with E-state index in [0.29, 0.717) is 22.6 Å². The van der Waals surface area contributed by atoms with Crippen molar-refractivity contribution in [1.82, 2.24) is 10.9 Å². The Bertz CT molecular complexity index is 865. The smallest absolute Gasteiger partial charge is 0.269 e. The minimum Gasteiger partial charge on any atom is -0.493 e. The van der Waals surface area contributed by atoms with Crippen LogP contribution in [-0.2, 0) is 10.2 Å². The second-order valence-electron chi connectivity index (χ2n) is 7.19. The van der Waals surface area contributed by atoms with E-state index >= 15 is 0 Å². The summed E-state index contributed by atoms with van der Waals surface area (Å²) in [6.07, 6.45) is 2.89. The van der Waals surface area contributed by atoms with Crippen LogP contribution in [0, 0.1) is 0 Å². The van der Waals surface area contributed by atoms with Crippen LogP contribution in [0.5, 0.6) is 11.5 Å². The summed E-state index contributed by atoms with van der Waals surface area (Å²) in [4.78, 5) is 24.2. The van der Waals surface area contributed by atoms with E-state index in [9.17, 15) is 9.59 Å². The average Bonchev–Trinajstić information content (AvgIpc) is 2.69. The molecule has 0 saturated heterocycles. The molecule has 0 aliphatic heterocycles. The third kappa shape index (κ3) is 5.36. The normalized spacial score (nSPS) is 11.2. The monoisotopic (exact) mass is 382 g/mol. The van der Waals surface area contributed by atoms with Crippen molar-refractivity contribution in [3.63, 3.8) is 0 Å². The van der Waals surface area contributed by atoms with Gasteiger partial charge >= 0.3 is 0 Å². The lowest BCUT2D eigenvalue weighted by Gasteiger charge is -2.19. The Morgan fingerprint density at radius 2 is 1.61 bits per heavy atom. The van der Waals surface area contributed by atoms with Crippen LogP contribution in [0.25, 0.3) is 6.08 Å². The fraction of sp³-hybridized carbons (Fsp3) is 0.273. The number of ether oxygens (including phenoxy) is 2. The van der Waals surface area contributed by atoms with Crippen LogP contribution in [0.15, 0.2) is 48.5 Å². The van der Waals surface area contributed by atoms with Gasteiger partial charge in [0.25, 0.3) is 11.8 Å². The zero-order valence-electron chi connectivity index (χ0n) is 16.8. The van der Waals surface area contributed by atoms with Gasteiger partial charge in [-0.3, -0.25) is 20.4 Å². The van der Waals surface area contributed by atoms with Crippen molar-refractivity contribution in [2.45, 2.75) is 26.2 Å². The lowest BCUT2D eigenvalue weighted by molar-refractivity contribution is -0.117. The number of methoxy groups -OCH3 is 2. The molecule has 2 aromatic rings. The molecule has 0 radical (unpaired) electrons. The van der Waals surface area contributed by atoms with Crippen molar-refractivity contribution in [3.05, 3.63) is 65.2 Å². The van der Waals surface area contributed by atoms with Gasteiger partial charge in [0, 0.05) is 17.2 Å². The lowest BCUT2D eigenvalue weighted by Crippen LogP contribution is -2.40. The van der Waals surface area contributed by atoms with Crippen LogP contribution >= 0.6 is 0 Å². The number of carbonyl (C=O) groups is 2. The summed E-state index contributed by atoms with van der Waals surface area (Å²) in [5.41, 5.74) is 7.05. The first-order valence-corrected chi connectivity index (χ1v) is 8.86. The number of hydrogen-bond acceptors (Lipinski definition) is 4. The van der Waals surface area contributed by atoms with E-state index in [0.717, 1.165) is 5.56 Å². The quantitative estimate of drug-likeness (QED) is 0.613. The third-order valence-corrected chi connectivity index (χ3v) is 4.16. The van der Waals surface area contributed by atoms with Crippen LogP contribution in [0.1, 0.15) is 42.3 Å². The molecule has 2 amide bonds. The number of benzene rings is 2. The molecule has 0 unspecified atom stereocenters. The molecule has 0 heterocycles. The third-order valence-electron chi connectivity index (χ3n) is 4.16. The number of rotatable bonds is 5. The minimum atomic E-state index is -0.468. The molecule has 0 spiro atoms. The maximum absolute atomic E-state index is 12.2. The molecule has 2 rings (SSSR count). The molecule has 0 saturated carbocycles. The number of carbonyl (C=O) groups excluding carboxylic acids is 2. The van der Waals surface area contributed by atoms with E-state index in [1.807, 2.05) is 12.1 Å². The Kier molecular flexibility index (Phi) is 6.82. The van der Waals surface area contributed by atoms with Crippen molar-refractivity contribution >= 4 is 17.9 Å². The lowest BCUT2D eigenvalue weighted by atomic mass is 9.87. The summed E-state index contributed by atoms with van der Waals surface area (Å²) in [5, 5.41) is 0. The molecule has 28 heavy (non-hydrogen) atoms. The fourth-order valence-corrected chi connectivity index (χ4v) is 2.56. The predicted molar refractivity (Wildman–Crippen MR) is 109 cm³/mol. The molecule has 2 aromatic carbocycles. The molecule has 0 aliphatic carbocycles. The molecule has 0 aromatic heterocycles. The number of nitrogens with one attached hydrogen (secondary N) is 2. The molecular weight excluding hydrogens is 356 g/mol. The van der Waals surface area contributed by atoms with E-state index in [1.165, 1.54) is 13.2 Å². The fourth-order valence-electron chi connectivity index (χ4n) is 2.56. The SMILES string of the molecule is COc1cccc(/C=C/C(=O)NNC(=O)c2ccc(C(C)(C)C)cc2)c1OC. The van der Waals surface area contributed by atoms with Gasteiger partial charge in [0.15, 0.2) is 11.5 Å². The molecule has 0 bridgehead atoms. The van der Waals surface area contributed by atoms with E-state index in [2.05, 4.69) is 31.6 Å². The van der Waals surface area contributed by atoms with E-state index in [1.54, 1.807) is 43.5 Å². The first-order valence-electron chi connectivity index (χ1n) is 8.86. The van der Waals surface area contributed by atoms with Crippen molar-refractivity contribution in [3.8, 4) is 11.5 Å². The van der Waals surface area contributed by atoms with Gasteiger partial charge in [-0.15, -0.1) is 0 Å². The van der Waals surface area contributed by atoms with Gasteiger partial charge in [-0.2, -0.15) is 0 Å². The number of amides is 2.